The lowest BCUT2D eigenvalue weighted by Gasteiger charge is -2.20. The molecule has 3 rings (SSSR count). The van der Waals surface area contributed by atoms with Gasteiger partial charge in [0.1, 0.15) is 11.3 Å². The number of halogens is 4. The van der Waals surface area contributed by atoms with Crippen molar-refractivity contribution in [3.63, 3.8) is 0 Å². The molecule has 0 aromatic heterocycles. The van der Waals surface area contributed by atoms with Gasteiger partial charge in [-0.2, -0.15) is 18.4 Å². The molecular formula is C19H19ClF3N3O6S. The molecule has 33 heavy (non-hydrogen) atoms. The third-order valence-corrected chi connectivity index (χ3v) is 7.97. The Morgan fingerprint density at radius 2 is 2.09 bits per heavy atom. The van der Waals surface area contributed by atoms with Crippen LogP contribution in [0, 0.1) is 11.3 Å². The molecule has 1 aliphatic carbocycles. The maximum absolute atomic E-state index is 13.1. The number of alkyl carbamates (subject to hydrolysis) is 1. The molecule has 1 heterocycles. The van der Waals surface area contributed by atoms with Crippen molar-refractivity contribution in [3.8, 4) is 11.8 Å². The van der Waals surface area contributed by atoms with Crippen LogP contribution in [0.4, 0.5) is 18.0 Å². The fourth-order valence-electron chi connectivity index (χ4n) is 3.21. The zero-order valence-corrected chi connectivity index (χ0v) is 18.7. The number of sulfone groups is 1. The van der Waals surface area contributed by atoms with E-state index < -0.39 is 45.2 Å². The van der Waals surface area contributed by atoms with Gasteiger partial charge in [0.2, 0.25) is 6.41 Å². The van der Waals surface area contributed by atoms with Crippen molar-refractivity contribution >= 4 is 33.9 Å². The molecule has 2 amide bonds. The van der Waals surface area contributed by atoms with Gasteiger partial charge in [-0.25, -0.2) is 13.2 Å². The fourth-order valence-corrected chi connectivity index (χ4v) is 5.44. The third-order valence-electron chi connectivity index (χ3n) is 5.36. The van der Waals surface area contributed by atoms with Crippen LogP contribution in [-0.4, -0.2) is 61.7 Å². The topological polar surface area (TPSA) is 126 Å². The molecule has 1 unspecified atom stereocenters. The van der Waals surface area contributed by atoms with Gasteiger partial charge in [-0.1, -0.05) is 11.6 Å². The van der Waals surface area contributed by atoms with Gasteiger partial charge in [-0.05, 0) is 31.9 Å². The Morgan fingerprint density at radius 3 is 2.61 bits per heavy atom. The summed E-state index contributed by atoms with van der Waals surface area (Å²) in [7, 11) is -4.16. The molecule has 0 radical (unpaired) electrons. The number of hydrogen-bond acceptors (Lipinski definition) is 7. The van der Waals surface area contributed by atoms with Crippen LogP contribution in [0.1, 0.15) is 26.2 Å². The van der Waals surface area contributed by atoms with Gasteiger partial charge in [0.25, 0.3) is 0 Å². The average molecular weight is 510 g/mol. The van der Waals surface area contributed by atoms with Gasteiger partial charge in [-0.15, -0.1) is 0 Å². The van der Waals surface area contributed by atoms with Crippen molar-refractivity contribution in [2.75, 3.05) is 6.54 Å². The van der Waals surface area contributed by atoms with E-state index in [1.807, 2.05) is 6.07 Å². The lowest BCUT2D eigenvalue weighted by atomic mass is 10.3. The molecule has 1 aliphatic heterocycles. The number of rotatable bonds is 7. The SMILES string of the molecule is CC(Oc1ccc(S(=O)(=O)[C@@H]2C[C@H](OC(=O)NC3(C#N)CC3)N(C=O)C2)c(Cl)c1)C(F)(F)F. The van der Waals surface area contributed by atoms with Crippen LogP contribution in [0.15, 0.2) is 23.1 Å². The second-order valence-corrected chi connectivity index (χ2v) is 10.4. The van der Waals surface area contributed by atoms with Crippen LogP contribution in [0.25, 0.3) is 0 Å². The minimum absolute atomic E-state index is 0.256. The van der Waals surface area contributed by atoms with E-state index in [0.717, 1.165) is 30.0 Å². The van der Waals surface area contributed by atoms with Gasteiger partial charge in [0.05, 0.1) is 21.2 Å². The summed E-state index contributed by atoms with van der Waals surface area (Å²) in [5.74, 6) is -0.269. The van der Waals surface area contributed by atoms with Crippen LogP contribution in [-0.2, 0) is 19.4 Å². The van der Waals surface area contributed by atoms with Crippen molar-refractivity contribution in [1.29, 1.82) is 5.26 Å². The van der Waals surface area contributed by atoms with E-state index in [-0.39, 0.29) is 28.6 Å². The van der Waals surface area contributed by atoms with E-state index in [1.165, 1.54) is 0 Å². The first-order valence-corrected chi connectivity index (χ1v) is 11.6. The molecule has 3 atom stereocenters. The molecule has 0 bridgehead atoms. The van der Waals surface area contributed by atoms with Crippen molar-refractivity contribution in [2.24, 2.45) is 0 Å². The molecule has 1 saturated heterocycles. The van der Waals surface area contributed by atoms with Gasteiger partial charge in [0, 0.05) is 19.0 Å². The Kier molecular flexibility index (Phi) is 6.72. The lowest BCUT2D eigenvalue weighted by Crippen LogP contribution is -2.41. The van der Waals surface area contributed by atoms with Crippen LogP contribution in [0.5, 0.6) is 5.75 Å². The molecule has 180 valence electrons. The second-order valence-electron chi connectivity index (χ2n) is 7.78. The number of nitriles is 1. The van der Waals surface area contributed by atoms with E-state index in [2.05, 4.69) is 5.32 Å². The Morgan fingerprint density at radius 1 is 1.42 bits per heavy atom. The monoisotopic (exact) mass is 509 g/mol. The molecule has 1 N–H and O–H groups in total. The first-order chi connectivity index (χ1) is 15.3. The highest BCUT2D eigenvalue weighted by molar-refractivity contribution is 7.92. The molecule has 9 nitrogen and oxygen atoms in total. The normalized spacial score (nSPS) is 22.7. The Bertz CT molecular complexity index is 1090. The summed E-state index contributed by atoms with van der Waals surface area (Å²) in [5.41, 5.74) is -1.01. The number of alkyl halides is 3. The maximum Gasteiger partial charge on any atom is 0.425 e. The van der Waals surface area contributed by atoms with Crippen LogP contribution in [0.3, 0.4) is 0 Å². The molecule has 1 aromatic carbocycles. The van der Waals surface area contributed by atoms with Crippen LogP contribution < -0.4 is 10.1 Å². The molecule has 2 fully saturated rings. The summed E-state index contributed by atoms with van der Waals surface area (Å²) < 4.78 is 74.1. The zero-order chi connectivity index (χ0) is 24.6. The van der Waals surface area contributed by atoms with E-state index in [1.54, 1.807) is 0 Å². The molecule has 2 aliphatic rings. The summed E-state index contributed by atoms with van der Waals surface area (Å²) in [6.45, 7) is 0.496. The Hall–Kier alpha value is -2.72. The molecule has 14 heteroatoms. The molecule has 1 aromatic rings. The predicted molar refractivity (Wildman–Crippen MR) is 107 cm³/mol. The summed E-state index contributed by atoms with van der Waals surface area (Å²) in [6, 6.07) is 4.97. The average Bonchev–Trinajstić information content (AvgIpc) is 3.36. The van der Waals surface area contributed by atoms with Crippen molar-refractivity contribution < 1.29 is 40.7 Å². The Balaban J connectivity index is 1.72. The Labute approximate surface area is 192 Å². The third kappa shape index (κ3) is 5.44. The van der Waals surface area contributed by atoms with Crippen molar-refractivity contribution in [3.05, 3.63) is 23.2 Å². The van der Waals surface area contributed by atoms with E-state index >= 15 is 0 Å². The highest BCUT2D eigenvalue weighted by Gasteiger charge is 2.47. The lowest BCUT2D eigenvalue weighted by molar-refractivity contribution is -0.189. The van der Waals surface area contributed by atoms with E-state index in [4.69, 9.17) is 26.3 Å². The van der Waals surface area contributed by atoms with Gasteiger partial charge in [-0.3, -0.25) is 4.79 Å². The largest absolute Gasteiger partial charge is 0.481 e. The minimum atomic E-state index is -4.62. The predicted octanol–water partition coefficient (Wildman–Crippen LogP) is 2.78. The number of nitrogens with one attached hydrogen (secondary N) is 1. The van der Waals surface area contributed by atoms with E-state index in [0.29, 0.717) is 19.3 Å². The number of carbonyl (C=O) groups excluding carboxylic acids is 2. The van der Waals surface area contributed by atoms with Gasteiger partial charge in [0.15, 0.2) is 22.2 Å². The fraction of sp³-hybridized carbons (Fsp3) is 0.526. The van der Waals surface area contributed by atoms with Crippen LogP contribution in [0.2, 0.25) is 5.02 Å². The van der Waals surface area contributed by atoms with E-state index in [9.17, 15) is 31.2 Å². The maximum atomic E-state index is 13.1. The quantitative estimate of drug-likeness (QED) is 0.560. The summed E-state index contributed by atoms with van der Waals surface area (Å²) >= 11 is 6.03. The number of hydrogen-bond donors (Lipinski definition) is 1. The number of likely N-dealkylation sites (tertiary alicyclic amines) is 1. The zero-order valence-electron chi connectivity index (χ0n) is 17.1. The van der Waals surface area contributed by atoms with Crippen LogP contribution >= 0.6 is 11.6 Å². The summed E-state index contributed by atoms with van der Waals surface area (Å²) in [5, 5.41) is 9.87. The van der Waals surface area contributed by atoms with Crippen molar-refractivity contribution in [2.45, 2.75) is 60.4 Å². The standard InChI is InChI=1S/C19H19ClF3N3O6S/c1-11(19(21,22)23)31-12-2-3-15(14(20)6-12)33(29,30)13-7-16(26(8-13)10-27)32-17(28)25-18(9-24)4-5-18/h2-3,6,10-11,13,16H,4-5,7-8H2,1H3,(H,25,28)/t11?,13-,16+/m1/s1. The minimum Gasteiger partial charge on any atom is -0.481 e. The second kappa shape index (κ2) is 8.90. The molecular weight excluding hydrogens is 491 g/mol. The first-order valence-electron chi connectivity index (χ1n) is 9.69. The highest BCUT2D eigenvalue weighted by Crippen LogP contribution is 2.36. The van der Waals surface area contributed by atoms with Gasteiger partial charge < -0.3 is 19.7 Å². The number of benzene rings is 1. The highest BCUT2D eigenvalue weighted by atomic mass is 35.5. The number of nitrogens with zero attached hydrogens (tertiary/aromatic N) is 2. The molecule has 0 spiro atoms. The number of carbonyl (C=O) groups is 2. The van der Waals surface area contributed by atoms with Crippen molar-refractivity contribution in [1.82, 2.24) is 10.2 Å². The van der Waals surface area contributed by atoms with Gasteiger partial charge >= 0.3 is 12.3 Å². The number of ether oxygens (including phenoxy) is 2. The smallest absolute Gasteiger partial charge is 0.425 e. The summed E-state index contributed by atoms with van der Waals surface area (Å²) in [6.07, 6.45) is -7.91. The number of amides is 2. The summed E-state index contributed by atoms with van der Waals surface area (Å²) in [4.78, 5) is 24.1. The first kappa shape index (κ1) is 24.9. The molecule has 1 saturated carbocycles.